The lowest BCUT2D eigenvalue weighted by Gasteiger charge is -2.19. The average molecular weight is 230 g/mol. The van der Waals surface area contributed by atoms with Gasteiger partial charge in [-0.05, 0) is 31.0 Å². The monoisotopic (exact) mass is 230 g/mol. The van der Waals surface area contributed by atoms with Crippen LogP contribution in [0.25, 0.3) is 5.69 Å². The van der Waals surface area contributed by atoms with Gasteiger partial charge in [-0.15, -0.1) is 10.2 Å². The van der Waals surface area contributed by atoms with Crippen LogP contribution in [0.15, 0.2) is 36.9 Å². The highest BCUT2D eigenvalue weighted by molar-refractivity contribution is 5.51. The van der Waals surface area contributed by atoms with Gasteiger partial charge in [0.25, 0.3) is 0 Å². The quantitative estimate of drug-likeness (QED) is 0.878. The maximum Gasteiger partial charge on any atom is 0.123 e. The molecule has 1 aromatic carbocycles. The van der Waals surface area contributed by atoms with Crippen molar-refractivity contribution in [3.05, 3.63) is 36.9 Å². The van der Waals surface area contributed by atoms with Crippen molar-refractivity contribution in [2.45, 2.75) is 26.8 Å². The molecule has 0 fully saturated rings. The largest absolute Gasteiger partial charge is 0.382 e. The topological polar surface area (TPSA) is 42.7 Å². The molecule has 0 spiro atoms. The fraction of sp³-hybridized carbons (Fsp3) is 0.385. The van der Waals surface area contributed by atoms with Crippen molar-refractivity contribution in [3.8, 4) is 5.69 Å². The van der Waals surface area contributed by atoms with Crippen molar-refractivity contribution in [1.82, 2.24) is 14.8 Å². The molecule has 1 atom stereocenters. The zero-order valence-electron chi connectivity index (χ0n) is 10.5. The van der Waals surface area contributed by atoms with Crippen LogP contribution in [-0.4, -0.2) is 20.8 Å². The van der Waals surface area contributed by atoms with Crippen LogP contribution >= 0.6 is 0 Å². The molecule has 1 aromatic heterocycles. The Balaban J connectivity index is 2.18. The summed E-state index contributed by atoms with van der Waals surface area (Å²) in [5.74, 6) is 0.605. The summed E-state index contributed by atoms with van der Waals surface area (Å²) in [6.07, 6.45) is 3.40. The van der Waals surface area contributed by atoms with Gasteiger partial charge < -0.3 is 5.32 Å². The Morgan fingerprint density at radius 1 is 1.12 bits per heavy atom. The van der Waals surface area contributed by atoms with E-state index in [1.807, 2.05) is 16.7 Å². The Bertz CT molecular complexity index is 462. The predicted octanol–water partition coefficient (Wildman–Crippen LogP) is 2.72. The van der Waals surface area contributed by atoms with Crippen LogP contribution in [0.1, 0.15) is 20.8 Å². The fourth-order valence-electron chi connectivity index (χ4n) is 1.52. The molecule has 2 aromatic rings. The Morgan fingerprint density at radius 2 is 1.82 bits per heavy atom. The molecular weight excluding hydrogens is 212 g/mol. The Hall–Kier alpha value is -1.84. The third-order valence-electron chi connectivity index (χ3n) is 2.96. The SMILES string of the molecule is CC(C)C(C)Nc1cccc(-n2cnnc2)c1. The number of aromatic nitrogens is 3. The van der Waals surface area contributed by atoms with E-state index in [0.717, 1.165) is 11.4 Å². The van der Waals surface area contributed by atoms with Gasteiger partial charge >= 0.3 is 0 Å². The molecule has 1 unspecified atom stereocenters. The first-order valence-electron chi connectivity index (χ1n) is 5.88. The molecule has 1 heterocycles. The minimum Gasteiger partial charge on any atom is -0.382 e. The second-order valence-corrected chi connectivity index (χ2v) is 4.60. The van der Waals surface area contributed by atoms with Crippen molar-refractivity contribution < 1.29 is 0 Å². The maximum atomic E-state index is 3.81. The van der Waals surface area contributed by atoms with Crippen LogP contribution in [-0.2, 0) is 0 Å². The van der Waals surface area contributed by atoms with Crippen molar-refractivity contribution in [1.29, 1.82) is 0 Å². The zero-order chi connectivity index (χ0) is 12.3. The van der Waals surface area contributed by atoms with E-state index in [0.29, 0.717) is 12.0 Å². The van der Waals surface area contributed by atoms with Crippen LogP contribution in [0.2, 0.25) is 0 Å². The zero-order valence-corrected chi connectivity index (χ0v) is 10.5. The second kappa shape index (κ2) is 4.99. The van der Waals surface area contributed by atoms with Crippen molar-refractivity contribution in [2.24, 2.45) is 5.92 Å². The Labute approximate surface area is 102 Å². The second-order valence-electron chi connectivity index (χ2n) is 4.60. The molecule has 4 nitrogen and oxygen atoms in total. The molecular formula is C13H18N4. The van der Waals surface area contributed by atoms with E-state index in [9.17, 15) is 0 Å². The maximum absolute atomic E-state index is 3.81. The number of nitrogens with zero attached hydrogens (tertiary/aromatic N) is 3. The molecule has 0 amide bonds. The fourth-order valence-corrected chi connectivity index (χ4v) is 1.52. The lowest BCUT2D eigenvalue weighted by Crippen LogP contribution is -2.21. The van der Waals surface area contributed by atoms with Gasteiger partial charge in [0.15, 0.2) is 0 Å². The van der Waals surface area contributed by atoms with Crippen LogP contribution in [0, 0.1) is 5.92 Å². The molecule has 0 aliphatic carbocycles. The minimum atomic E-state index is 0.450. The smallest absolute Gasteiger partial charge is 0.123 e. The standard InChI is InChI=1S/C13H18N4/c1-10(2)11(3)16-12-5-4-6-13(7-12)17-8-14-15-9-17/h4-11,16H,1-3H3. The summed E-state index contributed by atoms with van der Waals surface area (Å²) in [5, 5.41) is 11.1. The van der Waals surface area contributed by atoms with Crippen molar-refractivity contribution in [3.63, 3.8) is 0 Å². The number of rotatable bonds is 4. The summed E-state index contributed by atoms with van der Waals surface area (Å²) < 4.78 is 1.89. The van der Waals surface area contributed by atoms with Crippen LogP contribution < -0.4 is 5.32 Å². The highest BCUT2D eigenvalue weighted by atomic mass is 15.2. The molecule has 17 heavy (non-hydrogen) atoms. The average Bonchev–Trinajstić information content (AvgIpc) is 2.82. The van der Waals surface area contributed by atoms with Crippen LogP contribution in [0.3, 0.4) is 0 Å². The molecule has 90 valence electrons. The molecule has 0 saturated heterocycles. The summed E-state index contributed by atoms with van der Waals surface area (Å²) in [6.45, 7) is 6.61. The van der Waals surface area contributed by atoms with Gasteiger partial charge in [-0.2, -0.15) is 0 Å². The lowest BCUT2D eigenvalue weighted by molar-refractivity contribution is 0.560. The van der Waals surface area contributed by atoms with Gasteiger partial charge in [0.05, 0.1) is 5.69 Å². The lowest BCUT2D eigenvalue weighted by atomic mass is 10.1. The third-order valence-corrected chi connectivity index (χ3v) is 2.96. The van der Waals surface area contributed by atoms with Gasteiger partial charge in [0.1, 0.15) is 12.7 Å². The highest BCUT2D eigenvalue weighted by Crippen LogP contribution is 2.16. The summed E-state index contributed by atoms with van der Waals surface area (Å²) in [4.78, 5) is 0. The molecule has 0 aliphatic rings. The van der Waals surface area contributed by atoms with E-state index in [1.54, 1.807) is 12.7 Å². The van der Waals surface area contributed by atoms with Gasteiger partial charge in [-0.25, -0.2) is 0 Å². The van der Waals surface area contributed by atoms with Crippen LogP contribution in [0.5, 0.6) is 0 Å². The van der Waals surface area contributed by atoms with Crippen molar-refractivity contribution in [2.75, 3.05) is 5.32 Å². The third kappa shape index (κ3) is 2.84. The highest BCUT2D eigenvalue weighted by Gasteiger charge is 2.06. The predicted molar refractivity (Wildman–Crippen MR) is 69.3 cm³/mol. The number of hydrogen-bond donors (Lipinski definition) is 1. The van der Waals surface area contributed by atoms with Gasteiger partial charge in [0, 0.05) is 11.7 Å². The molecule has 4 heteroatoms. The molecule has 2 rings (SSSR count). The molecule has 0 saturated carbocycles. The number of hydrogen-bond acceptors (Lipinski definition) is 3. The van der Waals surface area contributed by atoms with Gasteiger partial charge in [0.2, 0.25) is 0 Å². The van der Waals surface area contributed by atoms with E-state index in [-0.39, 0.29) is 0 Å². The van der Waals surface area contributed by atoms with Gasteiger partial charge in [-0.1, -0.05) is 19.9 Å². The van der Waals surface area contributed by atoms with Gasteiger partial charge in [-0.3, -0.25) is 4.57 Å². The molecule has 0 bridgehead atoms. The number of anilines is 1. The van der Waals surface area contributed by atoms with E-state index in [2.05, 4.69) is 48.4 Å². The Kier molecular flexibility index (Phi) is 3.42. The molecule has 0 radical (unpaired) electrons. The normalized spacial score (nSPS) is 12.7. The van der Waals surface area contributed by atoms with E-state index in [1.165, 1.54) is 0 Å². The number of benzene rings is 1. The summed E-state index contributed by atoms with van der Waals surface area (Å²) >= 11 is 0. The minimum absolute atomic E-state index is 0.450. The first kappa shape index (κ1) is 11.6. The molecule has 1 N–H and O–H groups in total. The molecule has 0 aliphatic heterocycles. The van der Waals surface area contributed by atoms with Crippen molar-refractivity contribution >= 4 is 5.69 Å². The Morgan fingerprint density at radius 3 is 2.47 bits per heavy atom. The number of nitrogens with one attached hydrogen (secondary N) is 1. The summed E-state index contributed by atoms with van der Waals surface area (Å²) in [6, 6.07) is 8.69. The van der Waals surface area contributed by atoms with E-state index < -0.39 is 0 Å². The first-order chi connectivity index (χ1) is 8.16. The summed E-state index contributed by atoms with van der Waals surface area (Å²) in [5.41, 5.74) is 2.19. The van der Waals surface area contributed by atoms with E-state index >= 15 is 0 Å². The first-order valence-corrected chi connectivity index (χ1v) is 5.88. The van der Waals surface area contributed by atoms with Crippen LogP contribution in [0.4, 0.5) is 5.69 Å². The van der Waals surface area contributed by atoms with E-state index in [4.69, 9.17) is 0 Å². The summed E-state index contributed by atoms with van der Waals surface area (Å²) in [7, 11) is 0.